The average Bonchev–Trinajstić information content (AvgIpc) is 2.64. The van der Waals surface area contributed by atoms with Crippen molar-refractivity contribution in [1.29, 1.82) is 0 Å². The minimum absolute atomic E-state index is 0.0806. The van der Waals surface area contributed by atoms with E-state index in [0.29, 0.717) is 11.5 Å². The number of amides is 1. The molecule has 1 aliphatic heterocycles. The molecule has 1 aromatic rings. The van der Waals surface area contributed by atoms with Gasteiger partial charge in [-0.3, -0.25) is 4.79 Å². The zero-order valence-electron chi connectivity index (χ0n) is 8.08. The number of hydrazone groups is 1. The Morgan fingerprint density at radius 2 is 2.33 bits per heavy atom. The molecule has 0 unspecified atom stereocenters. The van der Waals surface area contributed by atoms with Crippen molar-refractivity contribution in [2.45, 2.75) is 6.42 Å². The third kappa shape index (κ3) is 1.68. The predicted octanol–water partition coefficient (Wildman–Crippen LogP) is 1.06. The molecule has 0 saturated carbocycles. The summed E-state index contributed by atoms with van der Waals surface area (Å²) in [6.07, 6.45) is 0.0806. The molecule has 78 valence electrons. The van der Waals surface area contributed by atoms with Crippen molar-refractivity contribution in [2.24, 2.45) is 5.10 Å². The minimum Gasteiger partial charge on any atom is -0.496 e. The number of halogens is 1. The third-order valence-electron chi connectivity index (χ3n) is 2.13. The SMILES string of the molecule is COc1cccc(F)c1C1=NNC(=O)C1. The first kappa shape index (κ1) is 9.64. The Balaban J connectivity index is 2.47. The second-order valence-electron chi connectivity index (χ2n) is 3.09. The standard InChI is InChI=1S/C10H9FN2O2/c1-15-8-4-2-3-6(11)10(8)7-5-9(14)13-12-7/h2-4H,5H2,1H3,(H,13,14). The van der Waals surface area contributed by atoms with E-state index in [-0.39, 0.29) is 17.9 Å². The van der Waals surface area contributed by atoms with Gasteiger partial charge in [-0.15, -0.1) is 0 Å². The lowest BCUT2D eigenvalue weighted by Gasteiger charge is -2.07. The quantitative estimate of drug-likeness (QED) is 0.790. The smallest absolute Gasteiger partial charge is 0.246 e. The summed E-state index contributed by atoms with van der Waals surface area (Å²) in [5.41, 5.74) is 2.89. The molecule has 0 atom stereocenters. The number of methoxy groups -OCH3 is 1. The molecule has 5 heteroatoms. The molecule has 1 aliphatic rings. The molecule has 0 radical (unpaired) electrons. The number of rotatable bonds is 2. The molecular weight excluding hydrogens is 199 g/mol. The number of nitrogens with zero attached hydrogens (tertiary/aromatic N) is 1. The number of benzene rings is 1. The van der Waals surface area contributed by atoms with Gasteiger partial charge in [0.05, 0.1) is 24.8 Å². The Morgan fingerprint density at radius 3 is 2.93 bits per heavy atom. The highest BCUT2D eigenvalue weighted by Crippen LogP contribution is 2.24. The molecular formula is C10H9FN2O2. The Bertz CT molecular complexity index is 443. The van der Waals surface area contributed by atoms with Gasteiger partial charge in [-0.1, -0.05) is 6.07 Å². The van der Waals surface area contributed by atoms with E-state index < -0.39 is 5.82 Å². The number of carbonyl (C=O) groups is 1. The van der Waals surface area contributed by atoms with E-state index in [2.05, 4.69) is 10.5 Å². The third-order valence-corrected chi connectivity index (χ3v) is 2.13. The first-order chi connectivity index (χ1) is 7.22. The van der Waals surface area contributed by atoms with Crippen molar-refractivity contribution in [1.82, 2.24) is 5.43 Å². The van der Waals surface area contributed by atoms with E-state index in [1.807, 2.05) is 0 Å². The summed E-state index contributed by atoms with van der Waals surface area (Å²) in [6.45, 7) is 0. The van der Waals surface area contributed by atoms with Gasteiger partial charge >= 0.3 is 0 Å². The van der Waals surface area contributed by atoms with Crippen molar-refractivity contribution < 1.29 is 13.9 Å². The predicted molar refractivity (Wildman–Crippen MR) is 52.2 cm³/mol. The van der Waals surface area contributed by atoms with Crippen LogP contribution in [0.5, 0.6) is 5.75 Å². The fourth-order valence-electron chi connectivity index (χ4n) is 1.46. The number of nitrogens with one attached hydrogen (secondary N) is 1. The summed E-state index contributed by atoms with van der Waals surface area (Å²) >= 11 is 0. The van der Waals surface area contributed by atoms with Gasteiger partial charge in [0.15, 0.2) is 0 Å². The van der Waals surface area contributed by atoms with Gasteiger partial charge in [-0.2, -0.15) is 5.10 Å². The van der Waals surface area contributed by atoms with Crippen molar-refractivity contribution in [3.8, 4) is 5.75 Å². The van der Waals surface area contributed by atoms with Crippen LogP contribution in [0.4, 0.5) is 4.39 Å². The number of ether oxygens (including phenoxy) is 1. The monoisotopic (exact) mass is 208 g/mol. The summed E-state index contributed by atoms with van der Waals surface area (Å²) in [7, 11) is 1.45. The molecule has 1 amide bonds. The lowest BCUT2D eigenvalue weighted by atomic mass is 10.1. The summed E-state index contributed by atoms with van der Waals surface area (Å²) in [5.74, 6) is -0.301. The minimum atomic E-state index is -0.440. The van der Waals surface area contributed by atoms with E-state index >= 15 is 0 Å². The van der Waals surface area contributed by atoms with Gasteiger partial charge in [-0.05, 0) is 12.1 Å². The molecule has 0 aromatic heterocycles. The number of hydrogen-bond donors (Lipinski definition) is 1. The molecule has 15 heavy (non-hydrogen) atoms. The van der Waals surface area contributed by atoms with Crippen LogP contribution in [0.15, 0.2) is 23.3 Å². The maximum absolute atomic E-state index is 13.5. The lowest BCUT2D eigenvalue weighted by Crippen LogP contribution is -2.10. The summed E-state index contributed by atoms with van der Waals surface area (Å²) in [5, 5.41) is 3.75. The van der Waals surface area contributed by atoms with Crippen LogP contribution >= 0.6 is 0 Å². The zero-order chi connectivity index (χ0) is 10.8. The Labute approximate surface area is 85.7 Å². The molecule has 0 fully saturated rings. The largest absolute Gasteiger partial charge is 0.496 e. The molecule has 0 bridgehead atoms. The molecule has 1 heterocycles. The molecule has 0 aliphatic carbocycles. The maximum atomic E-state index is 13.5. The van der Waals surface area contributed by atoms with Crippen molar-refractivity contribution >= 4 is 11.6 Å². The highest BCUT2D eigenvalue weighted by atomic mass is 19.1. The van der Waals surface area contributed by atoms with Gasteiger partial charge in [-0.25, -0.2) is 9.82 Å². The van der Waals surface area contributed by atoms with Crippen LogP contribution < -0.4 is 10.2 Å². The number of hydrogen-bond acceptors (Lipinski definition) is 3. The summed E-state index contributed by atoms with van der Waals surface area (Å²) < 4.78 is 18.5. The van der Waals surface area contributed by atoms with Crippen LogP contribution in [0.1, 0.15) is 12.0 Å². The normalized spacial score (nSPS) is 14.8. The van der Waals surface area contributed by atoms with Crippen LogP contribution in [0.3, 0.4) is 0 Å². The van der Waals surface area contributed by atoms with E-state index in [0.717, 1.165) is 0 Å². The van der Waals surface area contributed by atoms with Gasteiger partial charge in [0.25, 0.3) is 0 Å². The van der Waals surface area contributed by atoms with Gasteiger partial charge in [0.1, 0.15) is 11.6 Å². The second-order valence-corrected chi connectivity index (χ2v) is 3.09. The maximum Gasteiger partial charge on any atom is 0.246 e. The van der Waals surface area contributed by atoms with Crippen molar-refractivity contribution in [2.75, 3.05) is 7.11 Å². The molecule has 1 N–H and O–H groups in total. The van der Waals surface area contributed by atoms with Crippen LogP contribution in [0, 0.1) is 5.82 Å². The first-order valence-corrected chi connectivity index (χ1v) is 4.40. The second kappa shape index (κ2) is 3.68. The summed E-state index contributed by atoms with van der Waals surface area (Å²) in [6, 6.07) is 4.48. The Hall–Kier alpha value is -1.91. The summed E-state index contributed by atoms with van der Waals surface area (Å²) in [4.78, 5) is 10.9. The van der Waals surface area contributed by atoms with Crippen molar-refractivity contribution in [3.05, 3.63) is 29.6 Å². The van der Waals surface area contributed by atoms with Gasteiger partial charge < -0.3 is 4.74 Å². The van der Waals surface area contributed by atoms with E-state index in [1.165, 1.54) is 13.2 Å². The van der Waals surface area contributed by atoms with Crippen molar-refractivity contribution in [3.63, 3.8) is 0 Å². The van der Waals surface area contributed by atoms with Crippen LogP contribution in [0.25, 0.3) is 0 Å². The Morgan fingerprint density at radius 1 is 1.53 bits per heavy atom. The van der Waals surface area contributed by atoms with Gasteiger partial charge in [0.2, 0.25) is 5.91 Å². The molecule has 2 rings (SSSR count). The fraction of sp³-hybridized carbons (Fsp3) is 0.200. The van der Waals surface area contributed by atoms with Gasteiger partial charge in [0, 0.05) is 0 Å². The molecule has 0 saturated heterocycles. The molecule has 1 aromatic carbocycles. The van der Waals surface area contributed by atoms with E-state index in [9.17, 15) is 9.18 Å². The average molecular weight is 208 g/mol. The van der Waals surface area contributed by atoms with Crippen LogP contribution in [-0.4, -0.2) is 18.7 Å². The topological polar surface area (TPSA) is 50.7 Å². The fourth-order valence-corrected chi connectivity index (χ4v) is 1.46. The molecule has 0 spiro atoms. The van der Waals surface area contributed by atoms with E-state index in [1.54, 1.807) is 12.1 Å². The first-order valence-electron chi connectivity index (χ1n) is 4.40. The lowest BCUT2D eigenvalue weighted by molar-refractivity contribution is -0.119. The van der Waals surface area contributed by atoms with E-state index in [4.69, 9.17) is 4.74 Å². The highest BCUT2D eigenvalue weighted by Gasteiger charge is 2.22. The highest BCUT2D eigenvalue weighted by molar-refractivity contribution is 6.15. The molecule has 4 nitrogen and oxygen atoms in total. The van der Waals surface area contributed by atoms with Crippen LogP contribution in [-0.2, 0) is 4.79 Å². The Kier molecular flexibility index (Phi) is 2.37. The zero-order valence-corrected chi connectivity index (χ0v) is 8.08. The number of carbonyl (C=O) groups excluding carboxylic acids is 1. The van der Waals surface area contributed by atoms with Crippen LogP contribution in [0.2, 0.25) is 0 Å².